The van der Waals surface area contributed by atoms with Crippen LogP contribution in [0.3, 0.4) is 0 Å². The lowest BCUT2D eigenvalue weighted by Gasteiger charge is -2.27. The van der Waals surface area contributed by atoms with E-state index in [4.69, 9.17) is 0 Å². The minimum Gasteiger partial charge on any atom is -0.511 e. The summed E-state index contributed by atoms with van der Waals surface area (Å²) in [5.74, 6) is -1.29. The highest BCUT2D eigenvalue weighted by Gasteiger charge is 2.41. The number of benzene rings is 2. The maximum absolute atomic E-state index is 12.5. The van der Waals surface area contributed by atoms with E-state index in [0.717, 1.165) is 30.4 Å². The third-order valence-corrected chi connectivity index (χ3v) is 5.14. The van der Waals surface area contributed by atoms with Gasteiger partial charge in [-0.1, -0.05) is 48.9 Å². The number of anilines is 1. The average Bonchev–Trinajstić information content (AvgIpc) is 3.12. The summed E-state index contributed by atoms with van der Waals surface area (Å²) >= 11 is 0. The Balaban J connectivity index is 1.53. The van der Waals surface area contributed by atoms with Crippen molar-refractivity contribution in [3.05, 3.63) is 65.9 Å². The Bertz CT molecular complexity index is 872. The van der Waals surface area contributed by atoms with Crippen LogP contribution >= 0.6 is 0 Å². The number of hydrogen-bond acceptors (Lipinski definition) is 3. The van der Waals surface area contributed by atoms with Crippen molar-refractivity contribution < 1.29 is 14.7 Å². The van der Waals surface area contributed by atoms with Crippen molar-refractivity contribution in [2.24, 2.45) is 5.92 Å². The van der Waals surface area contributed by atoms with Gasteiger partial charge in [-0.05, 0) is 36.1 Å². The molecule has 4 rings (SSSR count). The Morgan fingerprint density at radius 1 is 1.00 bits per heavy atom. The maximum atomic E-state index is 12.5. The molecule has 2 aromatic carbocycles. The van der Waals surface area contributed by atoms with Gasteiger partial charge in [0, 0.05) is 17.6 Å². The number of nitrogens with one attached hydrogen (secondary N) is 2. The van der Waals surface area contributed by atoms with Crippen LogP contribution in [0.4, 0.5) is 5.69 Å². The summed E-state index contributed by atoms with van der Waals surface area (Å²) in [6.45, 7) is 0. The molecule has 2 aromatic rings. The SMILES string of the molecule is O=C(Nc1ccc(-c2ccccc2)cc1)C1=C(O)[C@@H]2CCC[C@@H]2NC1=O. The highest BCUT2D eigenvalue weighted by Crippen LogP contribution is 2.35. The topological polar surface area (TPSA) is 78.4 Å². The molecule has 1 aliphatic heterocycles. The molecule has 1 aliphatic carbocycles. The molecule has 0 spiro atoms. The fourth-order valence-electron chi connectivity index (χ4n) is 3.79. The zero-order valence-corrected chi connectivity index (χ0v) is 14.2. The van der Waals surface area contributed by atoms with Crippen LogP contribution in [0.15, 0.2) is 65.9 Å². The number of fused-ring (bicyclic) bond motifs is 1. The lowest BCUT2D eigenvalue weighted by molar-refractivity contribution is -0.123. The van der Waals surface area contributed by atoms with Crippen LogP contribution in [0.25, 0.3) is 11.1 Å². The van der Waals surface area contributed by atoms with E-state index < -0.39 is 11.8 Å². The van der Waals surface area contributed by atoms with E-state index in [2.05, 4.69) is 10.6 Å². The molecule has 2 amide bonds. The Kier molecular flexibility index (Phi) is 4.21. The first-order valence-electron chi connectivity index (χ1n) is 8.84. The van der Waals surface area contributed by atoms with E-state index in [1.54, 1.807) is 12.1 Å². The number of hydrogen-bond donors (Lipinski definition) is 3. The number of amides is 2. The van der Waals surface area contributed by atoms with Crippen LogP contribution in [0.2, 0.25) is 0 Å². The van der Waals surface area contributed by atoms with Crippen LogP contribution in [0.1, 0.15) is 19.3 Å². The van der Waals surface area contributed by atoms with Crippen LogP contribution in [-0.4, -0.2) is 23.0 Å². The van der Waals surface area contributed by atoms with Crippen molar-refractivity contribution in [3.63, 3.8) is 0 Å². The monoisotopic (exact) mass is 348 g/mol. The molecule has 2 aliphatic rings. The van der Waals surface area contributed by atoms with Crippen molar-refractivity contribution in [3.8, 4) is 11.1 Å². The van der Waals surface area contributed by atoms with Crippen molar-refractivity contribution in [1.29, 1.82) is 0 Å². The normalized spacial score (nSPS) is 21.9. The minimum absolute atomic E-state index is 0.0517. The van der Waals surface area contributed by atoms with Gasteiger partial charge in [-0.25, -0.2) is 0 Å². The first-order chi connectivity index (χ1) is 12.6. The van der Waals surface area contributed by atoms with E-state index in [1.807, 2.05) is 42.5 Å². The Morgan fingerprint density at radius 2 is 1.69 bits per heavy atom. The molecule has 26 heavy (non-hydrogen) atoms. The van der Waals surface area contributed by atoms with Crippen molar-refractivity contribution in [1.82, 2.24) is 5.32 Å². The summed E-state index contributed by atoms with van der Waals surface area (Å²) < 4.78 is 0. The van der Waals surface area contributed by atoms with E-state index in [0.29, 0.717) is 5.69 Å². The molecule has 0 bridgehead atoms. The second-order valence-electron chi connectivity index (χ2n) is 6.78. The molecule has 1 heterocycles. The summed E-state index contributed by atoms with van der Waals surface area (Å²) in [5, 5.41) is 16.0. The standard InChI is InChI=1S/C21H20N2O3/c24-19-16-7-4-8-17(16)23-21(26)18(19)20(25)22-15-11-9-14(10-12-15)13-5-2-1-3-6-13/h1-3,5-6,9-12,16-17,24H,4,7-8H2,(H,22,25)(H,23,26)/t16-,17+/m1/s1. The molecular formula is C21H20N2O3. The van der Waals surface area contributed by atoms with Gasteiger partial charge in [-0.3, -0.25) is 9.59 Å². The van der Waals surface area contributed by atoms with Gasteiger partial charge in [0.2, 0.25) is 0 Å². The van der Waals surface area contributed by atoms with E-state index in [1.165, 1.54) is 0 Å². The molecule has 0 radical (unpaired) electrons. The molecule has 5 nitrogen and oxygen atoms in total. The summed E-state index contributed by atoms with van der Waals surface area (Å²) in [7, 11) is 0. The molecule has 2 atom stereocenters. The number of rotatable bonds is 3. The quantitative estimate of drug-likeness (QED) is 0.744. The fourth-order valence-corrected chi connectivity index (χ4v) is 3.79. The van der Waals surface area contributed by atoms with Crippen LogP contribution in [0.5, 0.6) is 0 Å². The Hall–Kier alpha value is -3.08. The molecule has 5 heteroatoms. The lowest BCUT2D eigenvalue weighted by atomic mass is 9.92. The summed E-state index contributed by atoms with van der Waals surface area (Å²) in [6.07, 6.45) is 2.57. The zero-order valence-electron chi connectivity index (χ0n) is 14.2. The summed E-state index contributed by atoms with van der Waals surface area (Å²) in [5.41, 5.74) is 2.54. The van der Waals surface area contributed by atoms with Gasteiger partial charge in [0.1, 0.15) is 11.3 Å². The van der Waals surface area contributed by atoms with Gasteiger partial charge in [0.05, 0.1) is 0 Å². The predicted octanol–water partition coefficient (Wildman–Crippen LogP) is 3.40. The van der Waals surface area contributed by atoms with Gasteiger partial charge < -0.3 is 15.7 Å². The van der Waals surface area contributed by atoms with Gasteiger partial charge >= 0.3 is 0 Å². The first-order valence-corrected chi connectivity index (χ1v) is 8.84. The zero-order chi connectivity index (χ0) is 18.1. The number of carbonyl (C=O) groups is 2. The molecule has 1 saturated carbocycles. The largest absolute Gasteiger partial charge is 0.511 e. The van der Waals surface area contributed by atoms with Crippen LogP contribution < -0.4 is 10.6 Å². The van der Waals surface area contributed by atoms with Crippen molar-refractivity contribution in [2.75, 3.05) is 5.32 Å². The van der Waals surface area contributed by atoms with Gasteiger partial charge in [-0.15, -0.1) is 0 Å². The van der Waals surface area contributed by atoms with E-state index >= 15 is 0 Å². The number of carbonyl (C=O) groups excluding carboxylic acids is 2. The molecular weight excluding hydrogens is 328 g/mol. The van der Waals surface area contributed by atoms with Crippen LogP contribution in [0, 0.1) is 5.92 Å². The predicted molar refractivity (Wildman–Crippen MR) is 99.4 cm³/mol. The minimum atomic E-state index is -0.571. The molecule has 0 saturated heterocycles. The number of aliphatic hydroxyl groups excluding tert-OH is 1. The van der Waals surface area contributed by atoms with Gasteiger partial charge in [0.25, 0.3) is 11.8 Å². The molecule has 132 valence electrons. The lowest BCUT2D eigenvalue weighted by Crippen LogP contribution is -2.46. The van der Waals surface area contributed by atoms with E-state index in [-0.39, 0.29) is 23.3 Å². The second kappa shape index (κ2) is 6.67. The van der Waals surface area contributed by atoms with Gasteiger partial charge in [0.15, 0.2) is 0 Å². The van der Waals surface area contributed by atoms with Crippen LogP contribution in [-0.2, 0) is 9.59 Å². The molecule has 1 fully saturated rings. The highest BCUT2D eigenvalue weighted by molar-refractivity contribution is 6.23. The molecule has 3 N–H and O–H groups in total. The van der Waals surface area contributed by atoms with Crippen molar-refractivity contribution >= 4 is 17.5 Å². The second-order valence-corrected chi connectivity index (χ2v) is 6.78. The Morgan fingerprint density at radius 3 is 2.42 bits per heavy atom. The third kappa shape index (κ3) is 2.96. The van der Waals surface area contributed by atoms with E-state index in [9.17, 15) is 14.7 Å². The average molecular weight is 348 g/mol. The smallest absolute Gasteiger partial charge is 0.264 e. The van der Waals surface area contributed by atoms with Crippen molar-refractivity contribution in [2.45, 2.75) is 25.3 Å². The number of aliphatic hydroxyl groups is 1. The maximum Gasteiger partial charge on any atom is 0.264 e. The third-order valence-electron chi connectivity index (χ3n) is 5.14. The summed E-state index contributed by atoms with van der Waals surface area (Å²) in [6, 6.07) is 17.3. The molecule has 0 unspecified atom stereocenters. The summed E-state index contributed by atoms with van der Waals surface area (Å²) in [4.78, 5) is 24.8. The highest BCUT2D eigenvalue weighted by atomic mass is 16.3. The van der Waals surface area contributed by atoms with Gasteiger partial charge in [-0.2, -0.15) is 0 Å². The fraction of sp³-hybridized carbons (Fsp3) is 0.238. The first kappa shape index (κ1) is 16.4. The Labute approximate surface area is 151 Å². The molecule has 0 aromatic heterocycles.